The minimum absolute atomic E-state index is 1.14. The Kier molecular flexibility index (Phi) is 6.72. The van der Waals surface area contributed by atoms with Gasteiger partial charge >= 0.3 is 0 Å². The number of nitrogens with zero attached hydrogens (tertiary/aromatic N) is 3. The van der Waals surface area contributed by atoms with Crippen molar-refractivity contribution in [2.75, 3.05) is 0 Å². The molecule has 0 aliphatic heterocycles. The minimum atomic E-state index is 1.14. The SMILES string of the molecule is c1ccc(-c2c3ccccc3c(-n3c4ccccc4c4ccc5c(c6ccccc6n5-c5ccc6c(c5)c5ccccc5n6-c5ccccc5)c43)c3ccccc23)cc1. The Bertz CT molecular complexity index is 3770. The first-order valence-electron chi connectivity index (χ1n) is 20.4. The number of para-hydroxylation sites is 4. The third kappa shape index (κ3) is 4.47. The van der Waals surface area contributed by atoms with E-state index in [0.717, 1.165) is 11.4 Å². The molecule has 0 saturated heterocycles. The first-order chi connectivity index (χ1) is 29.3. The average molecular weight is 750 g/mol. The van der Waals surface area contributed by atoms with Crippen molar-refractivity contribution >= 4 is 87.0 Å². The second kappa shape index (κ2) is 12.3. The number of benzene rings is 10. The molecule has 0 bridgehead atoms. The predicted molar refractivity (Wildman–Crippen MR) is 250 cm³/mol. The van der Waals surface area contributed by atoms with Crippen LogP contribution in [0.15, 0.2) is 212 Å². The summed E-state index contributed by atoms with van der Waals surface area (Å²) in [5.41, 5.74) is 13.2. The molecule has 0 aliphatic rings. The Balaban J connectivity index is 1.17. The smallest absolute Gasteiger partial charge is 0.0641 e. The minimum Gasteiger partial charge on any atom is -0.309 e. The molecule has 0 radical (unpaired) electrons. The Labute approximate surface area is 339 Å². The van der Waals surface area contributed by atoms with Gasteiger partial charge in [0.2, 0.25) is 0 Å². The lowest BCUT2D eigenvalue weighted by atomic mass is 9.90. The molecule has 0 unspecified atom stereocenters. The Morgan fingerprint density at radius 3 is 1.37 bits per heavy atom. The summed E-state index contributed by atoms with van der Waals surface area (Å²) in [5.74, 6) is 0. The van der Waals surface area contributed by atoms with E-state index >= 15 is 0 Å². The number of fused-ring (bicyclic) bond motifs is 12. The Morgan fingerprint density at radius 1 is 0.254 bits per heavy atom. The zero-order valence-electron chi connectivity index (χ0n) is 32.0. The fourth-order valence-electron chi connectivity index (χ4n) is 10.2. The average Bonchev–Trinajstić information content (AvgIpc) is 3.94. The molecule has 0 amide bonds. The summed E-state index contributed by atoms with van der Waals surface area (Å²) in [6, 6.07) is 77.9. The lowest BCUT2D eigenvalue weighted by Crippen LogP contribution is -1.99. The highest BCUT2D eigenvalue weighted by Crippen LogP contribution is 2.47. The van der Waals surface area contributed by atoms with E-state index in [2.05, 4.69) is 226 Å². The van der Waals surface area contributed by atoms with Gasteiger partial charge in [-0.15, -0.1) is 0 Å². The third-order valence-electron chi connectivity index (χ3n) is 12.6. The van der Waals surface area contributed by atoms with Crippen molar-refractivity contribution in [2.45, 2.75) is 0 Å². The summed E-state index contributed by atoms with van der Waals surface area (Å²) in [7, 11) is 0. The quantitative estimate of drug-likeness (QED) is 0.159. The molecular weight excluding hydrogens is 715 g/mol. The largest absolute Gasteiger partial charge is 0.309 e. The van der Waals surface area contributed by atoms with Crippen molar-refractivity contribution in [3.05, 3.63) is 212 Å². The van der Waals surface area contributed by atoms with Gasteiger partial charge in [-0.25, -0.2) is 0 Å². The number of hydrogen-bond acceptors (Lipinski definition) is 0. The van der Waals surface area contributed by atoms with Gasteiger partial charge in [0.1, 0.15) is 0 Å². The van der Waals surface area contributed by atoms with E-state index in [0.29, 0.717) is 0 Å². The van der Waals surface area contributed by atoms with Crippen molar-refractivity contribution in [3.63, 3.8) is 0 Å². The Morgan fingerprint density at radius 2 is 0.712 bits per heavy atom. The number of aromatic nitrogens is 3. The molecule has 274 valence electrons. The lowest BCUT2D eigenvalue weighted by molar-refractivity contribution is 1.16. The molecule has 0 saturated carbocycles. The highest BCUT2D eigenvalue weighted by Gasteiger charge is 2.24. The van der Waals surface area contributed by atoms with Crippen LogP contribution in [0.5, 0.6) is 0 Å². The van der Waals surface area contributed by atoms with Crippen LogP contribution in [0.2, 0.25) is 0 Å². The standard InChI is InChI=1S/C56H35N3/c1-3-17-36(18-4-1)53-41-23-7-9-25-43(41)55(44-26-10-8-24-42(44)53)59-49-29-15-11-21-39(49)45-32-34-52-54(56(45)59)46-27-13-16-30-50(46)58(52)38-31-33-51-47(35-38)40-22-12-14-28-48(40)57(51)37-19-5-2-6-20-37/h1-35H. The van der Waals surface area contributed by atoms with Crippen LogP contribution in [0.1, 0.15) is 0 Å². The third-order valence-corrected chi connectivity index (χ3v) is 12.6. The van der Waals surface area contributed by atoms with E-state index < -0.39 is 0 Å². The second-order valence-corrected chi connectivity index (χ2v) is 15.6. The number of rotatable bonds is 4. The van der Waals surface area contributed by atoms with Crippen LogP contribution in [0.3, 0.4) is 0 Å². The lowest BCUT2D eigenvalue weighted by Gasteiger charge is -2.20. The van der Waals surface area contributed by atoms with Gasteiger partial charge in [-0.1, -0.05) is 158 Å². The molecule has 3 heteroatoms. The zero-order valence-corrected chi connectivity index (χ0v) is 32.0. The number of hydrogen-bond donors (Lipinski definition) is 0. The molecule has 0 atom stereocenters. The fourth-order valence-corrected chi connectivity index (χ4v) is 10.2. The van der Waals surface area contributed by atoms with Gasteiger partial charge in [-0.05, 0) is 76.5 Å². The van der Waals surface area contributed by atoms with Crippen LogP contribution < -0.4 is 0 Å². The predicted octanol–water partition coefficient (Wildman–Crippen LogP) is 15.0. The van der Waals surface area contributed by atoms with Gasteiger partial charge in [0, 0.05) is 54.5 Å². The maximum Gasteiger partial charge on any atom is 0.0641 e. The van der Waals surface area contributed by atoms with Gasteiger partial charge < -0.3 is 13.7 Å². The maximum absolute atomic E-state index is 2.58. The molecule has 59 heavy (non-hydrogen) atoms. The molecule has 0 aliphatic carbocycles. The summed E-state index contributed by atoms with van der Waals surface area (Å²) in [4.78, 5) is 0. The summed E-state index contributed by atoms with van der Waals surface area (Å²) in [5, 5.41) is 12.4. The van der Waals surface area contributed by atoms with Gasteiger partial charge in [-0.2, -0.15) is 0 Å². The first kappa shape index (κ1) is 32.2. The highest BCUT2D eigenvalue weighted by molar-refractivity contribution is 6.28. The van der Waals surface area contributed by atoms with Crippen molar-refractivity contribution in [2.24, 2.45) is 0 Å². The second-order valence-electron chi connectivity index (χ2n) is 15.6. The molecule has 0 fully saturated rings. The summed E-state index contributed by atoms with van der Waals surface area (Å²) >= 11 is 0. The van der Waals surface area contributed by atoms with E-state index in [4.69, 9.17) is 0 Å². The van der Waals surface area contributed by atoms with E-state index in [-0.39, 0.29) is 0 Å². The van der Waals surface area contributed by atoms with Crippen LogP contribution in [-0.4, -0.2) is 13.7 Å². The molecule has 3 heterocycles. The summed E-state index contributed by atoms with van der Waals surface area (Å²) < 4.78 is 7.45. The summed E-state index contributed by atoms with van der Waals surface area (Å²) in [6.45, 7) is 0. The van der Waals surface area contributed by atoms with Gasteiger partial charge in [0.05, 0.1) is 38.8 Å². The van der Waals surface area contributed by atoms with E-state index in [1.807, 2.05) is 0 Å². The molecule has 3 aromatic heterocycles. The van der Waals surface area contributed by atoms with Crippen LogP contribution in [0.25, 0.3) is 115 Å². The van der Waals surface area contributed by atoms with Crippen LogP contribution in [0.4, 0.5) is 0 Å². The van der Waals surface area contributed by atoms with Crippen molar-refractivity contribution < 1.29 is 0 Å². The molecular formula is C56H35N3. The highest BCUT2D eigenvalue weighted by atomic mass is 15.0. The molecule has 13 aromatic rings. The van der Waals surface area contributed by atoms with Gasteiger partial charge in [-0.3, -0.25) is 0 Å². The van der Waals surface area contributed by atoms with E-state index in [9.17, 15) is 0 Å². The first-order valence-corrected chi connectivity index (χ1v) is 20.4. The molecule has 13 rings (SSSR count). The maximum atomic E-state index is 2.58. The van der Waals surface area contributed by atoms with Crippen LogP contribution in [-0.2, 0) is 0 Å². The van der Waals surface area contributed by atoms with Gasteiger partial charge in [0.15, 0.2) is 0 Å². The topological polar surface area (TPSA) is 14.8 Å². The fraction of sp³-hybridized carbons (Fsp3) is 0. The Hall–Kier alpha value is -7.88. The molecule has 0 spiro atoms. The molecule has 3 nitrogen and oxygen atoms in total. The van der Waals surface area contributed by atoms with Crippen molar-refractivity contribution in [3.8, 4) is 28.2 Å². The summed E-state index contributed by atoms with van der Waals surface area (Å²) in [6.07, 6.45) is 0. The monoisotopic (exact) mass is 749 g/mol. The van der Waals surface area contributed by atoms with Crippen LogP contribution >= 0.6 is 0 Å². The van der Waals surface area contributed by atoms with Crippen molar-refractivity contribution in [1.82, 2.24) is 13.7 Å². The normalized spacial score (nSPS) is 12.1. The molecule has 0 N–H and O–H groups in total. The molecule has 10 aromatic carbocycles. The van der Waals surface area contributed by atoms with Crippen LogP contribution in [0, 0.1) is 0 Å². The van der Waals surface area contributed by atoms with E-state index in [1.54, 1.807) is 0 Å². The van der Waals surface area contributed by atoms with E-state index in [1.165, 1.54) is 104 Å². The van der Waals surface area contributed by atoms with Gasteiger partial charge in [0.25, 0.3) is 0 Å². The van der Waals surface area contributed by atoms with Crippen molar-refractivity contribution in [1.29, 1.82) is 0 Å². The zero-order chi connectivity index (χ0) is 38.6.